The molecular weight excluding hydrogens is 307 g/mol. The Morgan fingerprint density at radius 1 is 1.38 bits per heavy atom. The zero-order valence-electron chi connectivity index (χ0n) is 14.0. The summed E-state index contributed by atoms with van der Waals surface area (Å²) in [4.78, 5) is 12.7. The van der Waals surface area contributed by atoms with E-state index >= 15 is 0 Å². The second kappa shape index (κ2) is 6.73. The second-order valence-corrected chi connectivity index (χ2v) is 6.64. The second-order valence-electron chi connectivity index (χ2n) is 6.64. The SMILES string of the molecule is CC(C)c1c(C(=O)NC(CN)C2CC2)cnn1-c1ccc(F)cc1. The number of carbonyl (C=O) groups excluding carboxylic acids is 1. The fourth-order valence-electron chi connectivity index (χ4n) is 2.99. The third-order valence-corrected chi connectivity index (χ3v) is 4.43. The van der Waals surface area contributed by atoms with Crippen LogP contribution in [0.15, 0.2) is 30.5 Å². The van der Waals surface area contributed by atoms with Crippen molar-refractivity contribution < 1.29 is 9.18 Å². The van der Waals surface area contributed by atoms with Gasteiger partial charge in [-0.15, -0.1) is 0 Å². The van der Waals surface area contributed by atoms with Crippen LogP contribution in [0.1, 0.15) is 48.7 Å². The lowest BCUT2D eigenvalue weighted by molar-refractivity contribution is 0.0932. The van der Waals surface area contributed by atoms with Crippen LogP contribution in [0, 0.1) is 11.7 Å². The van der Waals surface area contributed by atoms with E-state index in [0.717, 1.165) is 24.2 Å². The van der Waals surface area contributed by atoms with Gasteiger partial charge >= 0.3 is 0 Å². The van der Waals surface area contributed by atoms with E-state index < -0.39 is 0 Å². The number of aromatic nitrogens is 2. The Labute approximate surface area is 141 Å². The van der Waals surface area contributed by atoms with Crippen LogP contribution in [0.2, 0.25) is 0 Å². The topological polar surface area (TPSA) is 72.9 Å². The van der Waals surface area contributed by atoms with Crippen LogP contribution in [0.5, 0.6) is 0 Å². The summed E-state index contributed by atoms with van der Waals surface area (Å²) in [7, 11) is 0. The third-order valence-electron chi connectivity index (χ3n) is 4.43. The van der Waals surface area contributed by atoms with Crippen LogP contribution in [0.3, 0.4) is 0 Å². The van der Waals surface area contributed by atoms with Crippen LogP contribution >= 0.6 is 0 Å². The summed E-state index contributed by atoms with van der Waals surface area (Å²) in [6.45, 7) is 4.46. The Bertz CT molecular complexity index is 719. The summed E-state index contributed by atoms with van der Waals surface area (Å²) in [5, 5.41) is 7.39. The summed E-state index contributed by atoms with van der Waals surface area (Å²) in [6.07, 6.45) is 3.82. The Kier molecular flexibility index (Phi) is 4.66. The van der Waals surface area contributed by atoms with Gasteiger partial charge < -0.3 is 11.1 Å². The standard InChI is InChI=1S/C18H23FN4O/c1-11(2)17-15(18(24)22-16(9-20)12-3-4-12)10-21-23(17)14-7-5-13(19)6-8-14/h5-8,10-12,16H,3-4,9,20H2,1-2H3,(H,22,24). The number of carbonyl (C=O) groups is 1. The molecule has 1 saturated carbocycles. The fraction of sp³-hybridized carbons (Fsp3) is 0.444. The van der Waals surface area contributed by atoms with E-state index in [9.17, 15) is 9.18 Å². The van der Waals surface area contributed by atoms with Crippen LogP contribution < -0.4 is 11.1 Å². The number of hydrogen-bond acceptors (Lipinski definition) is 3. The van der Waals surface area contributed by atoms with Crippen molar-refractivity contribution in [2.45, 2.75) is 38.6 Å². The molecule has 0 aliphatic heterocycles. The van der Waals surface area contributed by atoms with Gasteiger partial charge in [0.2, 0.25) is 0 Å². The zero-order valence-corrected chi connectivity index (χ0v) is 14.0. The molecule has 1 aromatic heterocycles. The highest BCUT2D eigenvalue weighted by atomic mass is 19.1. The van der Waals surface area contributed by atoms with Crippen molar-refractivity contribution in [2.75, 3.05) is 6.54 Å². The molecule has 2 aromatic rings. The van der Waals surface area contributed by atoms with E-state index in [-0.39, 0.29) is 23.7 Å². The Morgan fingerprint density at radius 3 is 2.58 bits per heavy atom. The molecule has 1 amide bonds. The minimum Gasteiger partial charge on any atom is -0.348 e. The minimum absolute atomic E-state index is 0.0201. The maximum Gasteiger partial charge on any atom is 0.255 e. The average Bonchev–Trinajstić information content (AvgIpc) is 3.30. The maximum absolute atomic E-state index is 13.2. The van der Waals surface area contributed by atoms with Crippen LogP contribution in [0.25, 0.3) is 5.69 Å². The summed E-state index contributed by atoms with van der Waals surface area (Å²) in [6, 6.07) is 6.11. The van der Waals surface area contributed by atoms with E-state index in [1.807, 2.05) is 13.8 Å². The lowest BCUT2D eigenvalue weighted by Crippen LogP contribution is -2.42. The first-order valence-electron chi connectivity index (χ1n) is 8.36. The van der Waals surface area contributed by atoms with Crippen LogP contribution in [0.4, 0.5) is 4.39 Å². The molecule has 0 bridgehead atoms. The highest BCUT2D eigenvalue weighted by molar-refractivity contribution is 5.95. The molecule has 1 unspecified atom stereocenters. The lowest BCUT2D eigenvalue weighted by atomic mass is 10.0. The number of amides is 1. The Balaban J connectivity index is 1.90. The van der Waals surface area contributed by atoms with Crippen molar-refractivity contribution in [3.8, 4) is 5.69 Å². The predicted molar refractivity (Wildman–Crippen MR) is 90.6 cm³/mol. The van der Waals surface area contributed by atoms with Gasteiger partial charge in [0.1, 0.15) is 5.82 Å². The van der Waals surface area contributed by atoms with Crippen molar-refractivity contribution in [3.63, 3.8) is 0 Å². The number of benzene rings is 1. The maximum atomic E-state index is 13.2. The molecule has 1 atom stereocenters. The van der Waals surface area contributed by atoms with Crippen LogP contribution in [-0.2, 0) is 0 Å². The van der Waals surface area contributed by atoms with Gasteiger partial charge in [-0.2, -0.15) is 5.10 Å². The summed E-state index contributed by atoms with van der Waals surface area (Å²) < 4.78 is 14.9. The number of rotatable bonds is 6. The number of nitrogens with zero attached hydrogens (tertiary/aromatic N) is 2. The van der Waals surface area contributed by atoms with E-state index in [2.05, 4.69) is 10.4 Å². The molecule has 5 nitrogen and oxygen atoms in total. The molecule has 1 aliphatic rings. The molecule has 1 fully saturated rings. The van der Waals surface area contributed by atoms with E-state index in [0.29, 0.717) is 18.0 Å². The molecule has 128 valence electrons. The van der Waals surface area contributed by atoms with Crippen LogP contribution in [-0.4, -0.2) is 28.3 Å². The molecular formula is C18H23FN4O. The average molecular weight is 330 g/mol. The van der Waals surface area contributed by atoms with Gasteiger partial charge in [-0.05, 0) is 48.9 Å². The first-order chi connectivity index (χ1) is 11.5. The highest BCUT2D eigenvalue weighted by Gasteiger charge is 2.32. The Hall–Kier alpha value is -2.21. The van der Waals surface area contributed by atoms with Gasteiger partial charge in [0.15, 0.2) is 0 Å². The minimum atomic E-state index is -0.301. The van der Waals surface area contributed by atoms with Gasteiger partial charge in [-0.1, -0.05) is 13.8 Å². The molecule has 0 spiro atoms. The summed E-state index contributed by atoms with van der Waals surface area (Å²) >= 11 is 0. The molecule has 6 heteroatoms. The van der Waals surface area contributed by atoms with E-state index in [4.69, 9.17) is 5.73 Å². The molecule has 1 heterocycles. The molecule has 3 N–H and O–H groups in total. The van der Waals surface area contributed by atoms with Gasteiger partial charge in [0.05, 0.1) is 23.1 Å². The number of hydrogen-bond donors (Lipinski definition) is 2. The zero-order chi connectivity index (χ0) is 17.3. The lowest BCUT2D eigenvalue weighted by Gasteiger charge is -2.17. The number of nitrogens with two attached hydrogens (primary N) is 1. The largest absolute Gasteiger partial charge is 0.348 e. The first kappa shape index (κ1) is 16.6. The predicted octanol–water partition coefficient (Wildman–Crippen LogP) is 2.60. The molecule has 1 aromatic carbocycles. The smallest absolute Gasteiger partial charge is 0.255 e. The highest BCUT2D eigenvalue weighted by Crippen LogP contribution is 2.32. The molecule has 24 heavy (non-hydrogen) atoms. The van der Waals surface area contributed by atoms with Gasteiger partial charge in [-0.3, -0.25) is 4.79 Å². The van der Waals surface area contributed by atoms with Gasteiger partial charge in [-0.25, -0.2) is 9.07 Å². The van der Waals surface area contributed by atoms with Crippen molar-refractivity contribution in [1.82, 2.24) is 15.1 Å². The number of halogens is 1. The number of nitrogens with one attached hydrogen (secondary N) is 1. The van der Waals surface area contributed by atoms with Gasteiger partial charge in [0, 0.05) is 12.6 Å². The summed E-state index contributed by atoms with van der Waals surface area (Å²) in [5.41, 5.74) is 7.87. The first-order valence-corrected chi connectivity index (χ1v) is 8.36. The molecule has 1 aliphatic carbocycles. The van der Waals surface area contributed by atoms with E-state index in [1.165, 1.54) is 12.1 Å². The van der Waals surface area contributed by atoms with Crippen molar-refractivity contribution in [3.05, 3.63) is 47.5 Å². The molecule has 3 rings (SSSR count). The quantitative estimate of drug-likeness (QED) is 0.855. The molecule has 0 saturated heterocycles. The summed E-state index contributed by atoms with van der Waals surface area (Å²) in [5.74, 6) is 0.142. The van der Waals surface area contributed by atoms with Crippen molar-refractivity contribution in [2.24, 2.45) is 11.7 Å². The monoisotopic (exact) mass is 330 g/mol. The fourth-order valence-corrected chi connectivity index (χ4v) is 2.99. The van der Waals surface area contributed by atoms with E-state index in [1.54, 1.807) is 23.0 Å². The third kappa shape index (κ3) is 3.33. The van der Waals surface area contributed by atoms with Gasteiger partial charge in [0.25, 0.3) is 5.91 Å². The Morgan fingerprint density at radius 2 is 2.04 bits per heavy atom. The normalized spacial score (nSPS) is 15.5. The van der Waals surface area contributed by atoms with Crippen molar-refractivity contribution >= 4 is 5.91 Å². The van der Waals surface area contributed by atoms with Crippen molar-refractivity contribution in [1.29, 1.82) is 0 Å². The molecule has 0 radical (unpaired) electrons.